The zero-order valence-corrected chi connectivity index (χ0v) is 19.6. The maximum atomic E-state index is 12.9. The molecule has 11 heteroatoms. The molecule has 0 aliphatic carbocycles. The van der Waals surface area contributed by atoms with Crippen LogP contribution in [0.15, 0.2) is 48.8 Å². The van der Waals surface area contributed by atoms with E-state index in [1.807, 2.05) is 25.1 Å². The van der Waals surface area contributed by atoms with Crippen LogP contribution in [-0.2, 0) is 4.74 Å². The number of nitrogens with one attached hydrogen (secondary N) is 3. The predicted octanol–water partition coefficient (Wildman–Crippen LogP) is 1.74. The Morgan fingerprint density at radius 1 is 1.17 bits per heavy atom. The molecule has 1 atom stereocenters. The quantitative estimate of drug-likeness (QED) is 0.308. The fraction of sp³-hybridized carbons (Fsp3) is 0.333. The molecule has 1 saturated heterocycles. The van der Waals surface area contributed by atoms with E-state index in [0.29, 0.717) is 36.2 Å². The second-order valence-electron chi connectivity index (χ2n) is 8.15. The normalized spacial score (nSPS) is 14.3. The van der Waals surface area contributed by atoms with Gasteiger partial charge in [0.2, 0.25) is 5.95 Å². The lowest BCUT2D eigenvalue weighted by Crippen LogP contribution is -2.36. The summed E-state index contributed by atoms with van der Waals surface area (Å²) >= 11 is 0. The van der Waals surface area contributed by atoms with Crippen LogP contribution in [0.1, 0.15) is 15.9 Å². The largest absolute Gasteiger partial charge is 0.390 e. The average Bonchev–Trinajstić information content (AvgIpc) is 2.90. The SMILES string of the molecule is Cc1ccc(NC(=O)c2ccnc(N3CCOCC3)c2)cc1Nc1ccnc(NCC(O)CN)n1. The molecule has 0 bridgehead atoms. The molecule has 6 N–H and O–H groups in total. The number of aliphatic hydroxyl groups excluding tert-OH is 1. The van der Waals surface area contributed by atoms with Gasteiger partial charge in [-0.15, -0.1) is 0 Å². The highest BCUT2D eigenvalue weighted by molar-refractivity contribution is 6.05. The van der Waals surface area contributed by atoms with Crippen molar-refractivity contribution < 1.29 is 14.6 Å². The van der Waals surface area contributed by atoms with Crippen molar-refractivity contribution >= 4 is 34.9 Å². The van der Waals surface area contributed by atoms with Gasteiger partial charge in [-0.2, -0.15) is 4.98 Å². The van der Waals surface area contributed by atoms with Crippen molar-refractivity contribution in [1.82, 2.24) is 15.0 Å². The van der Waals surface area contributed by atoms with Crippen LogP contribution in [-0.4, -0.2) is 71.5 Å². The smallest absolute Gasteiger partial charge is 0.255 e. The summed E-state index contributed by atoms with van der Waals surface area (Å²) in [5.74, 6) is 1.49. The van der Waals surface area contributed by atoms with Gasteiger partial charge in [-0.25, -0.2) is 9.97 Å². The third kappa shape index (κ3) is 6.63. The molecule has 35 heavy (non-hydrogen) atoms. The molecule has 1 amide bonds. The summed E-state index contributed by atoms with van der Waals surface area (Å²) in [5.41, 5.74) is 8.37. The van der Waals surface area contributed by atoms with E-state index in [1.54, 1.807) is 30.6 Å². The molecule has 1 aliphatic heterocycles. The minimum Gasteiger partial charge on any atom is -0.390 e. The summed E-state index contributed by atoms with van der Waals surface area (Å²) in [6, 6.07) is 10.9. The van der Waals surface area contributed by atoms with Crippen molar-refractivity contribution in [3.63, 3.8) is 0 Å². The number of amides is 1. The Bertz CT molecular complexity index is 1150. The Labute approximate surface area is 203 Å². The number of benzene rings is 1. The number of aromatic nitrogens is 3. The minimum absolute atomic E-state index is 0.149. The number of carbonyl (C=O) groups excluding carboxylic acids is 1. The zero-order chi connectivity index (χ0) is 24.6. The van der Waals surface area contributed by atoms with Crippen molar-refractivity contribution in [2.75, 3.05) is 60.2 Å². The molecule has 2 aromatic heterocycles. The van der Waals surface area contributed by atoms with E-state index in [-0.39, 0.29) is 19.0 Å². The molecule has 1 aliphatic rings. The summed E-state index contributed by atoms with van der Waals surface area (Å²) in [6.07, 6.45) is 2.58. The first-order chi connectivity index (χ1) is 17.0. The standard InChI is InChI=1S/C24H30N8O3/c1-16-2-3-18(13-20(16)30-21-5-7-27-24(31-21)28-15-19(33)14-25)29-23(34)17-4-6-26-22(12-17)32-8-10-35-11-9-32/h2-7,12-13,19,33H,8-11,14-15,25H2,1H3,(H,29,34)(H2,27,28,30,31). The van der Waals surface area contributed by atoms with Gasteiger partial charge in [0, 0.05) is 55.5 Å². The van der Waals surface area contributed by atoms with Crippen molar-refractivity contribution in [1.29, 1.82) is 0 Å². The monoisotopic (exact) mass is 478 g/mol. The second kappa shape index (κ2) is 11.6. The van der Waals surface area contributed by atoms with E-state index >= 15 is 0 Å². The molecule has 184 valence electrons. The second-order valence-corrected chi connectivity index (χ2v) is 8.15. The van der Waals surface area contributed by atoms with Gasteiger partial charge >= 0.3 is 0 Å². The van der Waals surface area contributed by atoms with Gasteiger partial charge in [-0.05, 0) is 42.8 Å². The number of nitrogens with two attached hydrogens (primary N) is 1. The van der Waals surface area contributed by atoms with Gasteiger partial charge in [0.25, 0.3) is 5.91 Å². The van der Waals surface area contributed by atoms with Gasteiger partial charge in [-0.3, -0.25) is 4.79 Å². The van der Waals surface area contributed by atoms with Crippen LogP contribution < -0.4 is 26.6 Å². The highest BCUT2D eigenvalue weighted by atomic mass is 16.5. The van der Waals surface area contributed by atoms with Gasteiger partial charge in [-0.1, -0.05) is 6.07 Å². The number of rotatable bonds is 9. The Balaban J connectivity index is 1.44. The maximum absolute atomic E-state index is 12.9. The molecule has 1 fully saturated rings. The van der Waals surface area contributed by atoms with Crippen molar-refractivity contribution in [2.24, 2.45) is 5.73 Å². The summed E-state index contributed by atoms with van der Waals surface area (Å²) in [4.78, 5) is 28.0. The number of anilines is 5. The van der Waals surface area contributed by atoms with E-state index in [0.717, 1.165) is 30.2 Å². The number of nitrogens with zero attached hydrogens (tertiary/aromatic N) is 4. The summed E-state index contributed by atoms with van der Waals surface area (Å²) < 4.78 is 5.39. The molecule has 0 saturated carbocycles. The number of ether oxygens (including phenoxy) is 1. The Morgan fingerprint density at radius 2 is 1.97 bits per heavy atom. The summed E-state index contributed by atoms with van der Waals surface area (Å²) in [6.45, 7) is 5.16. The number of carbonyl (C=O) groups is 1. The van der Waals surface area contributed by atoms with Crippen molar-refractivity contribution in [3.8, 4) is 0 Å². The lowest BCUT2D eigenvalue weighted by atomic mass is 10.1. The van der Waals surface area contributed by atoms with Crippen molar-refractivity contribution in [3.05, 3.63) is 59.9 Å². The van der Waals surface area contributed by atoms with Crippen LogP contribution in [0, 0.1) is 6.92 Å². The number of hydrogen-bond acceptors (Lipinski definition) is 10. The molecule has 0 radical (unpaired) electrons. The molecule has 3 aromatic rings. The van der Waals surface area contributed by atoms with Crippen LogP contribution >= 0.6 is 0 Å². The number of hydrogen-bond donors (Lipinski definition) is 5. The highest BCUT2D eigenvalue weighted by Gasteiger charge is 2.15. The van der Waals surface area contributed by atoms with Gasteiger partial charge in [0.1, 0.15) is 11.6 Å². The lowest BCUT2D eigenvalue weighted by molar-refractivity contribution is 0.102. The highest BCUT2D eigenvalue weighted by Crippen LogP contribution is 2.24. The fourth-order valence-electron chi connectivity index (χ4n) is 3.51. The van der Waals surface area contributed by atoms with Crippen LogP contribution in [0.25, 0.3) is 0 Å². The van der Waals surface area contributed by atoms with E-state index in [4.69, 9.17) is 10.5 Å². The van der Waals surface area contributed by atoms with Crippen LogP contribution in [0.3, 0.4) is 0 Å². The number of aliphatic hydroxyl groups is 1. The molecule has 1 unspecified atom stereocenters. The third-order valence-electron chi connectivity index (χ3n) is 5.52. The topological polar surface area (TPSA) is 151 Å². The Hall–Kier alpha value is -3.80. The first-order valence-electron chi connectivity index (χ1n) is 11.4. The molecular formula is C24H30N8O3. The Kier molecular flexibility index (Phi) is 8.03. The molecule has 3 heterocycles. The Morgan fingerprint density at radius 3 is 2.77 bits per heavy atom. The molecule has 11 nitrogen and oxygen atoms in total. The maximum Gasteiger partial charge on any atom is 0.255 e. The summed E-state index contributed by atoms with van der Waals surface area (Å²) in [5, 5.41) is 18.8. The molecular weight excluding hydrogens is 448 g/mol. The minimum atomic E-state index is -0.678. The first kappa shape index (κ1) is 24.3. The third-order valence-corrected chi connectivity index (χ3v) is 5.52. The van der Waals surface area contributed by atoms with E-state index in [1.165, 1.54) is 0 Å². The van der Waals surface area contributed by atoms with E-state index in [9.17, 15) is 9.90 Å². The average molecular weight is 479 g/mol. The molecule has 0 spiro atoms. The van der Waals surface area contributed by atoms with Gasteiger partial charge < -0.3 is 36.4 Å². The molecule has 1 aromatic carbocycles. The van der Waals surface area contributed by atoms with Crippen molar-refractivity contribution in [2.45, 2.75) is 13.0 Å². The molecule has 4 rings (SSSR count). The fourth-order valence-corrected chi connectivity index (χ4v) is 3.51. The van der Waals surface area contributed by atoms with Crippen LogP contribution in [0.4, 0.5) is 29.0 Å². The van der Waals surface area contributed by atoms with Gasteiger partial charge in [0.05, 0.1) is 19.3 Å². The van der Waals surface area contributed by atoms with Gasteiger partial charge in [0.15, 0.2) is 0 Å². The lowest BCUT2D eigenvalue weighted by Gasteiger charge is -2.27. The van der Waals surface area contributed by atoms with Crippen LogP contribution in [0.5, 0.6) is 0 Å². The van der Waals surface area contributed by atoms with Crippen LogP contribution in [0.2, 0.25) is 0 Å². The zero-order valence-electron chi connectivity index (χ0n) is 19.6. The number of aryl methyl sites for hydroxylation is 1. The van der Waals surface area contributed by atoms with E-state index < -0.39 is 6.10 Å². The summed E-state index contributed by atoms with van der Waals surface area (Å²) in [7, 11) is 0. The number of morpholine rings is 1. The first-order valence-corrected chi connectivity index (χ1v) is 11.4. The number of pyridine rings is 1. The van der Waals surface area contributed by atoms with E-state index in [2.05, 4.69) is 35.8 Å². The predicted molar refractivity (Wildman–Crippen MR) is 135 cm³/mol.